The summed E-state index contributed by atoms with van der Waals surface area (Å²) < 4.78 is 1.75. The van der Waals surface area contributed by atoms with Gasteiger partial charge in [0.15, 0.2) is 0 Å². The van der Waals surface area contributed by atoms with Crippen LogP contribution >= 0.6 is 11.6 Å². The Hall–Kier alpha value is -3.60. The Labute approximate surface area is 252 Å². The molecule has 0 aliphatic carbocycles. The van der Waals surface area contributed by atoms with Crippen LogP contribution in [0.25, 0.3) is 0 Å². The van der Waals surface area contributed by atoms with Gasteiger partial charge in [0.2, 0.25) is 0 Å². The molecular weight excluding hydrogens is 554 g/mol. The average Bonchev–Trinajstić information content (AvgIpc) is 3.19. The molecule has 0 radical (unpaired) electrons. The maximum atomic E-state index is 13.9. The van der Waals surface area contributed by atoms with Gasteiger partial charge in [0.05, 0.1) is 24.1 Å². The first kappa shape index (κ1) is 29.9. The quantitative estimate of drug-likeness (QED) is 0.391. The number of aryl methyl sites for hydroxylation is 2. The number of carbonyl (C=O) groups is 2. The van der Waals surface area contributed by atoms with Crippen molar-refractivity contribution in [2.24, 2.45) is 12.5 Å². The van der Waals surface area contributed by atoms with Crippen LogP contribution in [-0.4, -0.2) is 64.5 Å². The summed E-state index contributed by atoms with van der Waals surface area (Å²) in [6.07, 6.45) is 2.43. The number of benzene rings is 2. The molecule has 3 heterocycles. The van der Waals surface area contributed by atoms with E-state index in [4.69, 9.17) is 16.4 Å². The number of anilines is 3. The highest BCUT2D eigenvalue weighted by Crippen LogP contribution is 2.38. The summed E-state index contributed by atoms with van der Waals surface area (Å²) in [5.74, 6) is 0.691. The normalized spacial score (nSPS) is 15.8. The number of hydroxylamine groups is 2. The van der Waals surface area contributed by atoms with E-state index in [0.29, 0.717) is 42.2 Å². The Morgan fingerprint density at radius 3 is 2.57 bits per heavy atom. The van der Waals surface area contributed by atoms with Crippen molar-refractivity contribution in [1.29, 1.82) is 0 Å². The number of nitrogens with zero attached hydrogens (tertiary/aromatic N) is 5. The molecule has 224 valence electrons. The second kappa shape index (κ2) is 12.3. The molecule has 5 rings (SSSR count). The molecule has 0 saturated carbocycles. The highest BCUT2D eigenvalue weighted by molar-refractivity contribution is 6.31. The Bertz CT molecular complexity index is 1460. The number of aromatic nitrogens is 2. The van der Waals surface area contributed by atoms with E-state index in [1.165, 1.54) is 0 Å². The van der Waals surface area contributed by atoms with Crippen LogP contribution in [0.1, 0.15) is 54.2 Å². The molecule has 11 heteroatoms. The van der Waals surface area contributed by atoms with Gasteiger partial charge in [-0.15, -0.1) is 5.06 Å². The summed E-state index contributed by atoms with van der Waals surface area (Å²) in [4.78, 5) is 36.1. The number of rotatable bonds is 6. The van der Waals surface area contributed by atoms with E-state index < -0.39 is 6.09 Å². The predicted molar refractivity (Wildman–Crippen MR) is 165 cm³/mol. The van der Waals surface area contributed by atoms with Gasteiger partial charge in [-0.2, -0.15) is 5.10 Å². The average molecular weight is 594 g/mol. The number of piperazine rings is 1. The van der Waals surface area contributed by atoms with E-state index in [9.17, 15) is 9.59 Å². The minimum absolute atomic E-state index is 0.130. The minimum atomic E-state index is -0.476. The zero-order chi connectivity index (χ0) is 30.0. The van der Waals surface area contributed by atoms with E-state index in [-0.39, 0.29) is 5.91 Å². The largest absolute Gasteiger partial charge is 0.426 e. The van der Waals surface area contributed by atoms with E-state index in [1.807, 2.05) is 44.3 Å². The minimum Gasteiger partial charge on any atom is -0.351 e. The first-order chi connectivity index (χ1) is 20.0. The van der Waals surface area contributed by atoms with Crippen LogP contribution < -0.4 is 15.5 Å². The lowest BCUT2D eigenvalue weighted by Gasteiger charge is -2.34. The molecule has 2 aliphatic heterocycles. The van der Waals surface area contributed by atoms with Crippen LogP contribution in [0, 0.1) is 12.3 Å². The lowest BCUT2D eigenvalue weighted by Crippen LogP contribution is -2.48. The van der Waals surface area contributed by atoms with Crippen molar-refractivity contribution in [2.45, 2.75) is 47.2 Å². The van der Waals surface area contributed by atoms with Gasteiger partial charge in [0, 0.05) is 55.9 Å². The summed E-state index contributed by atoms with van der Waals surface area (Å²) in [6.45, 7) is 13.5. The molecule has 10 nitrogen and oxygen atoms in total. The van der Waals surface area contributed by atoms with Crippen molar-refractivity contribution in [3.8, 4) is 0 Å². The summed E-state index contributed by atoms with van der Waals surface area (Å²) in [5, 5.41) is 12.9. The molecule has 3 aromatic rings. The van der Waals surface area contributed by atoms with Crippen LogP contribution in [0.2, 0.25) is 5.02 Å². The molecule has 1 aromatic heterocycles. The second-order valence-corrected chi connectivity index (χ2v) is 12.7. The molecule has 0 bridgehead atoms. The van der Waals surface area contributed by atoms with E-state index in [2.05, 4.69) is 41.4 Å². The molecule has 0 unspecified atom stereocenters. The lowest BCUT2D eigenvalue weighted by atomic mass is 9.92. The van der Waals surface area contributed by atoms with Crippen molar-refractivity contribution in [3.63, 3.8) is 0 Å². The number of amides is 2. The maximum Gasteiger partial charge on any atom is 0.426 e. The fraction of sp³-hybridized carbons (Fsp3) is 0.452. The SMILES string of the molecule is Cc1cc(CNC(=O)ON2CCN(CCC(C)(C)C)CC2)ccc1C(=O)N1Cc2cnn(C)c2Nc2cc(Cl)ccc21. The predicted octanol–water partition coefficient (Wildman–Crippen LogP) is 5.48. The van der Waals surface area contributed by atoms with Gasteiger partial charge in [-0.05, 0) is 60.7 Å². The van der Waals surface area contributed by atoms with Gasteiger partial charge < -0.3 is 25.3 Å². The van der Waals surface area contributed by atoms with Crippen LogP contribution in [-0.2, 0) is 25.0 Å². The molecule has 1 saturated heterocycles. The van der Waals surface area contributed by atoms with Crippen LogP contribution in [0.5, 0.6) is 0 Å². The van der Waals surface area contributed by atoms with Crippen LogP contribution in [0.3, 0.4) is 0 Å². The van der Waals surface area contributed by atoms with Gasteiger partial charge >= 0.3 is 6.09 Å². The number of halogens is 1. The molecule has 2 amide bonds. The van der Waals surface area contributed by atoms with Crippen molar-refractivity contribution in [1.82, 2.24) is 25.1 Å². The Balaban J connectivity index is 1.19. The third-order valence-electron chi connectivity index (χ3n) is 7.77. The van der Waals surface area contributed by atoms with Crippen molar-refractivity contribution >= 4 is 40.8 Å². The van der Waals surface area contributed by atoms with Gasteiger partial charge in [0.25, 0.3) is 5.91 Å². The smallest absolute Gasteiger partial charge is 0.351 e. The Morgan fingerprint density at radius 2 is 1.86 bits per heavy atom. The van der Waals surface area contributed by atoms with Crippen molar-refractivity contribution in [3.05, 3.63) is 69.9 Å². The molecule has 0 spiro atoms. The fourth-order valence-electron chi connectivity index (χ4n) is 5.25. The fourth-order valence-corrected chi connectivity index (χ4v) is 5.42. The molecule has 42 heavy (non-hydrogen) atoms. The molecule has 2 aromatic carbocycles. The van der Waals surface area contributed by atoms with Crippen LogP contribution in [0.4, 0.5) is 22.0 Å². The number of nitrogens with one attached hydrogen (secondary N) is 2. The zero-order valence-corrected chi connectivity index (χ0v) is 25.8. The highest BCUT2D eigenvalue weighted by Gasteiger charge is 2.28. The van der Waals surface area contributed by atoms with Crippen molar-refractivity contribution < 1.29 is 14.4 Å². The van der Waals surface area contributed by atoms with Crippen molar-refractivity contribution in [2.75, 3.05) is 42.9 Å². The molecular formula is C31H40ClN7O3. The molecule has 2 aliphatic rings. The van der Waals surface area contributed by atoms with Crippen LogP contribution in [0.15, 0.2) is 42.6 Å². The third kappa shape index (κ3) is 7.06. The monoisotopic (exact) mass is 593 g/mol. The standard InChI is InChI=1S/C31H40ClN7O3/c1-21-16-22(18-33-30(41)42-38-14-12-37(13-15-38)11-10-31(2,3)4)6-8-25(21)29(40)39-20-23-19-34-36(5)28(23)35-26-17-24(32)7-9-27(26)39/h6-9,16-17,19,35H,10-15,18,20H2,1-5H3,(H,33,41). The van der Waals surface area contributed by atoms with E-state index in [0.717, 1.165) is 59.9 Å². The summed E-state index contributed by atoms with van der Waals surface area (Å²) in [7, 11) is 1.86. The van der Waals surface area contributed by atoms with Gasteiger partial charge in [-0.1, -0.05) is 44.5 Å². The highest BCUT2D eigenvalue weighted by atomic mass is 35.5. The van der Waals surface area contributed by atoms with Gasteiger partial charge in [-0.25, -0.2) is 4.79 Å². The number of hydrogen-bond donors (Lipinski definition) is 2. The lowest BCUT2D eigenvalue weighted by molar-refractivity contribution is -0.123. The number of carbonyl (C=O) groups excluding carboxylic acids is 2. The molecule has 1 fully saturated rings. The first-order valence-corrected chi connectivity index (χ1v) is 14.8. The summed E-state index contributed by atoms with van der Waals surface area (Å²) in [5.41, 5.74) is 4.97. The Morgan fingerprint density at radius 1 is 1.10 bits per heavy atom. The third-order valence-corrected chi connectivity index (χ3v) is 8.01. The van der Waals surface area contributed by atoms with Gasteiger partial charge in [-0.3, -0.25) is 9.48 Å². The first-order valence-electron chi connectivity index (χ1n) is 14.4. The second-order valence-electron chi connectivity index (χ2n) is 12.3. The zero-order valence-electron chi connectivity index (χ0n) is 25.0. The van der Waals surface area contributed by atoms with E-state index in [1.54, 1.807) is 26.9 Å². The Kier molecular flexibility index (Phi) is 8.77. The number of hydrogen-bond acceptors (Lipinski definition) is 7. The number of fused-ring (bicyclic) bond motifs is 2. The van der Waals surface area contributed by atoms with Gasteiger partial charge in [0.1, 0.15) is 5.82 Å². The molecule has 0 atom stereocenters. The summed E-state index contributed by atoms with van der Waals surface area (Å²) >= 11 is 6.29. The summed E-state index contributed by atoms with van der Waals surface area (Å²) in [6, 6.07) is 11.1. The van der Waals surface area contributed by atoms with E-state index >= 15 is 0 Å². The topological polar surface area (TPSA) is 95.0 Å². The maximum absolute atomic E-state index is 13.9. The molecule has 2 N–H and O–H groups in total.